The van der Waals surface area contributed by atoms with Crippen LogP contribution in [0.4, 0.5) is 10.1 Å². The number of para-hydroxylation sites is 1. The Bertz CT molecular complexity index is 877. The molecule has 0 aliphatic carbocycles. The molecule has 5 nitrogen and oxygen atoms in total. The fraction of sp³-hybridized carbons (Fsp3) is 0.211. The van der Waals surface area contributed by atoms with Crippen molar-refractivity contribution in [3.63, 3.8) is 0 Å². The number of rotatable bonds is 7. The number of hydrogen-bond donors (Lipinski definition) is 2. The van der Waals surface area contributed by atoms with Crippen LogP contribution in [-0.4, -0.2) is 23.0 Å². The maximum atomic E-state index is 13.4. The van der Waals surface area contributed by atoms with E-state index in [1.54, 1.807) is 6.07 Å². The van der Waals surface area contributed by atoms with Crippen molar-refractivity contribution in [2.45, 2.75) is 19.3 Å². The van der Waals surface area contributed by atoms with Crippen molar-refractivity contribution >= 4 is 22.8 Å². The van der Waals surface area contributed by atoms with Crippen molar-refractivity contribution in [1.82, 2.24) is 4.98 Å². The molecule has 0 aliphatic rings. The third kappa shape index (κ3) is 4.29. The fourth-order valence-corrected chi connectivity index (χ4v) is 2.74. The van der Waals surface area contributed by atoms with Gasteiger partial charge in [-0.25, -0.2) is 14.4 Å². The summed E-state index contributed by atoms with van der Waals surface area (Å²) in [5, 5.41) is 16.0. The molecule has 3 aromatic rings. The van der Waals surface area contributed by atoms with Crippen LogP contribution in [0.3, 0.4) is 0 Å². The molecule has 2 heterocycles. The van der Waals surface area contributed by atoms with E-state index in [-0.39, 0.29) is 5.69 Å². The summed E-state index contributed by atoms with van der Waals surface area (Å²) in [7, 11) is 0. The van der Waals surface area contributed by atoms with Gasteiger partial charge in [-0.1, -0.05) is 17.3 Å². The normalized spacial score (nSPS) is 11.2. The third-order valence-corrected chi connectivity index (χ3v) is 3.99. The van der Waals surface area contributed by atoms with Crippen LogP contribution in [0, 0.1) is 5.82 Å². The Morgan fingerprint density at radius 1 is 1.16 bits per heavy atom. The van der Waals surface area contributed by atoms with Gasteiger partial charge in [0.2, 0.25) is 5.52 Å². The van der Waals surface area contributed by atoms with Gasteiger partial charge >= 0.3 is 0 Å². The molecule has 0 radical (unpaired) electrons. The lowest BCUT2D eigenvalue weighted by Crippen LogP contribution is -2.07. The minimum Gasteiger partial charge on any atom is -0.411 e. The summed E-state index contributed by atoms with van der Waals surface area (Å²) in [6.07, 6.45) is 5.58. The molecule has 3 N–H and O–H groups in total. The van der Waals surface area contributed by atoms with Gasteiger partial charge in [0.05, 0.1) is 17.3 Å². The van der Waals surface area contributed by atoms with E-state index in [9.17, 15) is 4.39 Å². The van der Waals surface area contributed by atoms with Crippen LogP contribution in [0.25, 0.3) is 10.9 Å². The van der Waals surface area contributed by atoms with Crippen molar-refractivity contribution in [3.05, 3.63) is 65.9 Å². The maximum Gasteiger partial charge on any atom is 0.212 e. The van der Waals surface area contributed by atoms with Crippen LogP contribution in [0.1, 0.15) is 24.2 Å². The number of nitrogens with one attached hydrogen (secondary N) is 2. The fourth-order valence-electron chi connectivity index (χ4n) is 2.74. The number of fused-ring (bicyclic) bond motifs is 1. The van der Waals surface area contributed by atoms with Gasteiger partial charge in [-0.05, 0) is 37.5 Å². The highest BCUT2D eigenvalue weighted by Gasteiger charge is 2.05. The van der Waals surface area contributed by atoms with Crippen molar-refractivity contribution in [3.8, 4) is 0 Å². The monoisotopic (exact) mass is 339 g/mol. The molecular weight excluding hydrogens is 319 g/mol. The lowest BCUT2D eigenvalue weighted by molar-refractivity contribution is -0.344. The van der Waals surface area contributed by atoms with Crippen molar-refractivity contribution in [1.29, 1.82) is 0 Å². The molecule has 0 saturated carbocycles. The van der Waals surface area contributed by atoms with Gasteiger partial charge in [-0.2, -0.15) is 0 Å². The Balaban J connectivity index is 1.51. The number of H-pyrrole nitrogens is 1. The molecule has 0 aliphatic heterocycles. The standard InChI is InChI=1S/C19H19FN4O/c20-16-9-8-14(24-19(16)13-23-25)5-3-4-11-21-18-10-12-22-17-7-2-1-6-15(17)18/h1-2,6-10,12-13,25H,3-5,11H2,(H,21,22)/p+1/b23-13+. The maximum absolute atomic E-state index is 13.4. The molecule has 3 rings (SSSR count). The van der Waals surface area contributed by atoms with Gasteiger partial charge < -0.3 is 10.5 Å². The molecule has 6 heteroatoms. The number of aromatic amines is 1. The summed E-state index contributed by atoms with van der Waals surface area (Å²) >= 11 is 0. The Morgan fingerprint density at radius 3 is 2.92 bits per heavy atom. The zero-order valence-electron chi connectivity index (χ0n) is 13.7. The van der Waals surface area contributed by atoms with Gasteiger partial charge in [-0.3, -0.25) is 0 Å². The molecule has 2 aromatic heterocycles. The van der Waals surface area contributed by atoms with E-state index in [0.717, 1.165) is 54.3 Å². The Kier molecular flexibility index (Phi) is 5.51. The number of nitrogens with zero attached hydrogens (tertiary/aromatic N) is 2. The minimum absolute atomic E-state index is 0.0603. The summed E-state index contributed by atoms with van der Waals surface area (Å²) in [5.74, 6) is -0.490. The lowest BCUT2D eigenvalue weighted by atomic mass is 10.1. The minimum atomic E-state index is -0.490. The van der Waals surface area contributed by atoms with E-state index < -0.39 is 5.82 Å². The topological polar surface area (TPSA) is 71.7 Å². The summed E-state index contributed by atoms with van der Waals surface area (Å²) in [6, 6.07) is 13.2. The molecule has 128 valence electrons. The molecule has 0 amide bonds. The Labute approximate surface area is 145 Å². The van der Waals surface area contributed by atoms with Crippen LogP contribution in [0.2, 0.25) is 0 Å². The van der Waals surface area contributed by atoms with Crippen LogP contribution in [0.5, 0.6) is 0 Å². The predicted octanol–water partition coefficient (Wildman–Crippen LogP) is 3.43. The zero-order valence-corrected chi connectivity index (χ0v) is 13.7. The van der Waals surface area contributed by atoms with Crippen molar-refractivity contribution < 1.29 is 14.6 Å². The van der Waals surface area contributed by atoms with Crippen LogP contribution < -0.4 is 10.3 Å². The number of unbranched alkanes of at least 4 members (excludes halogenated alkanes) is 1. The summed E-state index contributed by atoms with van der Waals surface area (Å²) < 4.78 is 13.4. The smallest absolute Gasteiger partial charge is 0.212 e. The Morgan fingerprint density at radius 2 is 2.04 bits per heavy atom. The van der Waals surface area contributed by atoms with Crippen LogP contribution in [0.15, 0.2) is 53.8 Å². The third-order valence-electron chi connectivity index (χ3n) is 3.99. The molecule has 0 saturated heterocycles. The van der Waals surface area contributed by atoms with Gasteiger partial charge in [-0.15, -0.1) is 0 Å². The van der Waals surface area contributed by atoms with E-state index in [0.29, 0.717) is 0 Å². The lowest BCUT2D eigenvalue weighted by Gasteiger charge is -2.07. The number of aryl methyl sites for hydroxylation is 1. The Hall–Kier alpha value is -3.02. The highest BCUT2D eigenvalue weighted by molar-refractivity contribution is 5.88. The number of halogens is 1. The highest BCUT2D eigenvalue weighted by atomic mass is 19.1. The molecule has 0 unspecified atom stereocenters. The second kappa shape index (κ2) is 8.19. The van der Waals surface area contributed by atoms with Gasteiger partial charge in [0.25, 0.3) is 0 Å². The largest absolute Gasteiger partial charge is 0.411 e. The second-order valence-electron chi connectivity index (χ2n) is 5.74. The molecule has 25 heavy (non-hydrogen) atoms. The molecule has 1 aromatic carbocycles. The number of benzene rings is 1. The first kappa shape index (κ1) is 16.8. The summed E-state index contributed by atoms with van der Waals surface area (Å²) in [6.45, 7) is 0.847. The number of pyridine rings is 2. The molecular formula is C19H20FN4O+. The highest BCUT2D eigenvalue weighted by Crippen LogP contribution is 2.19. The molecule has 0 bridgehead atoms. The second-order valence-corrected chi connectivity index (χ2v) is 5.74. The average molecular weight is 339 g/mol. The van der Waals surface area contributed by atoms with Crippen LogP contribution >= 0.6 is 0 Å². The van der Waals surface area contributed by atoms with E-state index >= 15 is 0 Å². The molecule has 0 fully saturated rings. The van der Waals surface area contributed by atoms with Gasteiger partial charge in [0.1, 0.15) is 5.69 Å². The van der Waals surface area contributed by atoms with E-state index in [1.165, 1.54) is 6.07 Å². The summed E-state index contributed by atoms with van der Waals surface area (Å²) in [4.78, 5) is 7.38. The number of aromatic nitrogens is 2. The number of oxime groups is 1. The summed E-state index contributed by atoms with van der Waals surface area (Å²) in [5.41, 5.74) is 3.05. The van der Waals surface area contributed by atoms with E-state index in [2.05, 4.69) is 26.5 Å². The average Bonchev–Trinajstić information content (AvgIpc) is 2.64. The van der Waals surface area contributed by atoms with Gasteiger partial charge in [0.15, 0.2) is 12.0 Å². The van der Waals surface area contributed by atoms with Gasteiger partial charge in [0, 0.05) is 24.4 Å². The predicted molar refractivity (Wildman–Crippen MR) is 95.5 cm³/mol. The van der Waals surface area contributed by atoms with Crippen LogP contribution in [-0.2, 0) is 6.42 Å². The SMILES string of the molecule is O/N=C/c1nc(CCCCNc2cc[nH+]c3ccccc23)ccc1F. The number of anilines is 1. The zero-order chi connectivity index (χ0) is 17.5. The first-order chi connectivity index (χ1) is 12.3. The molecule has 0 atom stereocenters. The number of hydrogen-bond acceptors (Lipinski definition) is 4. The quantitative estimate of drug-likeness (QED) is 0.300. The first-order valence-corrected chi connectivity index (χ1v) is 8.24. The van der Waals surface area contributed by atoms with Crippen molar-refractivity contribution in [2.75, 3.05) is 11.9 Å². The first-order valence-electron chi connectivity index (χ1n) is 8.24. The van der Waals surface area contributed by atoms with E-state index in [4.69, 9.17) is 5.21 Å². The van der Waals surface area contributed by atoms with E-state index in [1.807, 2.05) is 30.5 Å². The molecule has 0 spiro atoms. The van der Waals surface area contributed by atoms with Crippen molar-refractivity contribution in [2.24, 2.45) is 5.16 Å².